The van der Waals surface area contributed by atoms with E-state index in [1.165, 1.54) is 12.1 Å². The Morgan fingerprint density at radius 2 is 1.60 bits per heavy atom. The lowest BCUT2D eigenvalue weighted by Gasteiger charge is -2.29. The van der Waals surface area contributed by atoms with E-state index in [2.05, 4.69) is 10.2 Å². The van der Waals surface area contributed by atoms with Gasteiger partial charge in [-0.3, -0.25) is 4.90 Å². The minimum absolute atomic E-state index is 0. The van der Waals surface area contributed by atoms with Gasteiger partial charge in [0.25, 0.3) is 0 Å². The normalized spacial score (nSPS) is 17.8. The molecule has 0 amide bonds. The molecule has 0 unspecified atom stereocenters. The molecule has 1 N–H and O–H groups in total. The molecular formula is C18H21Cl2F3N4O2S. The number of nitrogens with zero attached hydrogens (tertiary/aromatic N) is 3. The smallest absolute Gasteiger partial charge is 0.314 e. The van der Waals surface area contributed by atoms with E-state index in [4.69, 9.17) is 0 Å². The van der Waals surface area contributed by atoms with E-state index in [1.54, 1.807) is 0 Å². The lowest BCUT2D eigenvalue weighted by atomic mass is 10.2. The lowest BCUT2D eigenvalue weighted by Crippen LogP contribution is -2.47. The summed E-state index contributed by atoms with van der Waals surface area (Å²) in [7, 11) is -4.28. The van der Waals surface area contributed by atoms with Gasteiger partial charge in [0.1, 0.15) is 17.3 Å². The molecule has 0 spiro atoms. The Labute approximate surface area is 185 Å². The van der Waals surface area contributed by atoms with Crippen LogP contribution in [0.4, 0.5) is 30.2 Å². The Morgan fingerprint density at radius 3 is 2.27 bits per heavy atom. The maximum atomic E-state index is 14.6. The molecule has 12 heteroatoms. The van der Waals surface area contributed by atoms with Crippen LogP contribution in [0, 0.1) is 17.5 Å². The summed E-state index contributed by atoms with van der Waals surface area (Å²) in [4.78, 5) is 2.08. The fourth-order valence-electron chi connectivity index (χ4n) is 3.55. The van der Waals surface area contributed by atoms with Gasteiger partial charge in [-0.05, 0) is 24.3 Å². The molecule has 2 aliphatic heterocycles. The third-order valence-corrected chi connectivity index (χ3v) is 6.68. The van der Waals surface area contributed by atoms with Crippen LogP contribution in [-0.4, -0.2) is 52.6 Å². The Kier molecular flexibility index (Phi) is 7.86. The van der Waals surface area contributed by atoms with Gasteiger partial charge in [-0.2, -0.15) is 8.42 Å². The fourth-order valence-corrected chi connectivity index (χ4v) is 5.26. The molecule has 2 aromatic carbocycles. The Balaban J connectivity index is 0.00000160. The highest BCUT2D eigenvalue weighted by atomic mass is 35.5. The van der Waals surface area contributed by atoms with Crippen LogP contribution >= 0.6 is 24.8 Å². The van der Waals surface area contributed by atoms with Gasteiger partial charge < -0.3 is 5.32 Å². The van der Waals surface area contributed by atoms with Crippen molar-refractivity contribution >= 4 is 52.1 Å². The van der Waals surface area contributed by atoms with E-state index < -0.39 is 27.7 Å². The molecule has 0 atom stereocenters. The first kappa shape index (κ1) is 24.5. The highest BCUT2D eigenvalue weighted by Crippen LogP contribution is 2.47. The number of piperazine rings is 1. The first-order valence-corrected chi connectivity index (χ1v) is 10.3. The molecule has 1 saturated heterocycles. The van der Waals surface area contributed by atoms with Gasteiger partial charge in [-0.15, -0.1) is 24.8 Å². The van der Waals surface area contributed by atoms with Gasteiger partial charge in [0.2, 0.25) is 0 Å². The molecule has 1 fully saturated rings. The fraction of sp³-hybridized carbons (Fsp3) is 0.333. The van der Waals surface area contributed by atoms with Crippen molar-refractivity contribution in [3.8, 4) is 0 Å². The van der Waals surface area contributed by atoms with Crippen molar-refractivity contribution < 1.29 is 21.6 Å². The average Bonchev–Trinajstić information content (AvgIpc) is 2.89. The Morgan fingerprint density at radius 1 is 0.900 bits per heavy atom. The Hall–Kier alpha value is -1.72. The van der Waals surface area contributed by atoms with Crippen molar-refractivity contribution in [3.63, 3.8) is 0 Å². The molecule has 166 valence electrons. The van der Waals surface area contributed by atoms with Crippen LogP contribution in [0.3, 0.4) is 0 Å². The summed E-state index contributed by atoms with van der Waals surface area (Å²) in [5.74, 6) is -2.58. The van der Waals surface area contributed by atoms with Crippen molar-refractivity contribution in [1.29, 1.82) is 0 Å². The number of benzene rings is 2. The SMILES string of the molecule is Cl.Cl.O=S1(=O)N(CCN2CCNCC2)c2c(F)cccc2N1c1ccc(F)cc1F. The molecule has 2 heterocycles. The predicted octanol–water partition coefficient (Wildman–Crippen LogP) is 3.06. The van der Waals surface area contributed by atoms with Crippen molar-refractivity contribution in [3.05, 3.63) is 53.8 Å². The standard InChI is InChI=1S/C18H19F3N4O2S.2ClH/c19-13-4-5-16(15(21)12-13)25-17-3-1-2-14(20)18(17)24(28(25,26)27)11-10-23-8-6-22-7-9-23;;/h1-5,12,22H,6-11H2;2*1H. The number of para-hydroxylation sites is 1. The van der Waals surface area contributed by atoms with Gasteiger partial charge in [-0.25, -0.2) is 21.8 Å². The molecular weight excluding hydrogens is 464 g/mol. The molecule has 0 aliphatic carbocycles. The zero-order valence-corrected chi connectivity index (χ0v) is 18.2. The van der Waals surface area contributed by atoms with E-state index in [9.17, 15) is 21.6 Å². The van der Waals surface area contributed by atoms with Crippen LogP contribution < -0.4 is 13.9 Å². The van der Waals surface area contributed by atoms with Gasteiger partial charge in [0, 0.05) is 45.3 Å². The van der Waals surface area contributed by atoms with Gasteiger partial charge in [-0.1, -0.05) is 6.07 Å². The molecule has 0 bridgehead atoms. The van der Waals surface area contributed by atoms with E-state index >= 15 is 0 Å². The highest BCUT2D eigenvalue weighted by Gasteiger charge is 2.44. The molecule has 30 heavy (non-hydrogen) atoms. The maximum Gasteiger partial charge on any atom is 0.331 e. The van der Waals surface area contributed by atoms with E-state index in [-0.39, 0.29) is 48.4 Å². The molecule has 0 aromatic heterocycles. The summed E-state index contributed by atoms with van der Waals surface area (Å²) >= 11 is 0. The minimum Gasteiger partial charge on any atom is -0.314 e. The van der Waals surface area contributed by atoms with E-state index in [1.807, 2.05) is 0 Å². The van der Waals surface area contributed by atoms with Gasteiger partial charge in [0.15, 0.2) is 5.82 Å². The van der Waals surface area contributed by atoms with Crippen molar-refractivity contribution in [2.24, 2.45) is 0 Å². The zero-order chi connectivity index (χ0) is 19.9. The van der Waals surface area contributed by atoms with Crippen molar-refractivity contribution in [2.75, 3.05) is 47.9 Å². The lowest BCUT2D eigenvalue weighted by molar-refractivity contribution is 0.248. The van der Waals surface area contributed by atoms with Crippen LogP contribution in [0.5, 0.6) is 0 Å². The number of nitrogens with one attached hydrogen (secondary N) is 1. The number of hydrogen-bond donors (Lipinski definition) is 1. The van der Waals surface area contributed by atoms with Crippen LogP contribution in [-0.2, 0) is 10.2 Å². The number of hydrogen-bond acceptors (Lipinski definition) is 4. The number of anilines is 3. The van der Waals surface area contributed by atoms with Gasteiger partial charge >= 0.3 is 10.2 Å². The van der Waals surface area contributed by atoms with Crippen LogP contribution in [0.15, 0.2) is 36.4 Å². The first-order chi connectivity index (χ1) is 13.4. The van der Waals surface area contributed by atoms with Gasteiger partial charge in [0.05, 0.1) is 11.4 Å². The second kappa shape index (κ2) is 9.61. The minimum atomic E-state index is -4.28. The summed E-state index contributed by atoms with van der Waals surface area (Å²) in [5.41, 5.74) is -0.467. The van der Waals surface area contributed by atoms with Crippen LogP contribution in [0.2, 0.25) is 0 Å². The topological polar surface area (TPSA) is 55.9 Å². The summed E-state index contributed by atoms with van der Waals surface area (Å²) < 4.78 is 70.4. The number of halogens is 5. The maximum absolute atomic E-state index is 14.6. The monoisotopic (exact) mass is 484 g/mol. The zero-order valence-electron chi connectivity index (χ0n) is 15.7. The molecule has 4 rings (SSSR count). The second-order valence-electron chi connectivity index (χ2n) is 6.64. The molecule has 2 aromatic rings. The second-order valence-corrected chi connectivity index (χ2v) is 8.34. The summed E-state index contributed by atoms with van der Waals surface area (Å²) in [6, 6.07) is 6.54. The van der Waals surface area contributed by atoms with Crippen LogP contribution in [0.1, 0.15) is 0 Å². The largest absolute Gasteiger partial charge is 0.331 e. The molecule has 2 aliphatic rings. The average molecular weight is 485 g/mol. The number of rotatable bonds is 4. The highest BCUT2D eigenvalue weighted by molar-refractivity contribution is 7.95. The third-order valence-electron chi connectivity index (χ3n) is 4.90. The summed E-state index contributed by atoms with van der Waals surface area (Å²) in [6.45, 7) is 3.54. The molecule has 0 radical (unpaired) electrons. The third kappa shape index (κ3) is 4.33. The quantitative estimate of drug-likeness (QED) is 0.724. The molecule has 0 saturated carbocycles. The van der Waals surface area contributed by atoms with E-state index in [0.29, 0.717) is 12.6 Å². The Bertz CT molecular complexity index is 1010. The predicted molar refractivity (Wildman–Crippen MR) is 115 cm³/mol. The summed E-state index contributed by atoms with van der Waals surface area (Å²) in [6.07, 6.45) is 0. The van der Waals surface area contributed by atoms with E-state index in [0.717, 1.165) is 53.0 Å². The van der Waals surface area contributed by atoms with Crippen molar-refractivity contribution in [1.82, 2.24) is 10.2 Å². The molecule has 6 nitrogen and oxygen atoms in total. The first-order valence-electron chi connectivity index (χ1n) is 8.89. The summed E-state index contributed by atoms with van der Waals surface area (Å²) in [5, 5.41) is 3.21. The van der Waals surface area contributed by atoms with Crippen molar-refractivity contribution in [2.45, 2.75) is 0 Å². The van der Waals surface area contributed by atoms with Crippen LogP contribution in [0.25, 0.3) is 0 Å². The number of fused-ring (bicyclic) bond motifs is 1.